The Bertz CT molecular complexity index is 989. The number of esters is 1. The summed E-state index contributed by atoms with van der Waals surface area (Å²) < 4.78 is 38.2. The minimum atomic E-state index is -3.95. The highest BCUT2D eigenvalue weighted by molar-refractivity contribution is 7.92. The second-order valence-electron chi connectivity index (χ2n) is 6.89. The Morgan fingerprint density at radius 3 is 2.35 bits per heavy atom. The van der Waals surface area contributed by atoms with Crippen molar-refractivity contribution in [1.82, 2.24) is 5.32 Å². The fraction of sp³-hybridized carbons (Fsp3) is 0.364. The zero-order chi connectivity index (χ0) is 22.9. The van der Waals surface area contributed by atoms with Crippen molar-refractivity contribution < 1.29 is 27.5 Å². The second-order valence-corrected chi connectivity index (χ2v) is 8.57. The number of ether oxygens (including phenoxy) is 2. The fourth-order valence-corrected chi connectivity index (χ4v) is 3.95. The highest BCUT2D eigenvalue weighted by Gasteiger charge is 2.20. The molecule has 0 saturated heterocycles. The smallest absolute Gasteiger partial charge is 0.340 e. The van der Waals surface area contributed by atoms with Crippen LogP contribution in [0.3, 0.4) is 0 Å². The molecule has 168 valence electrons. The molecule has 0 aliphatic heterocycles. The quantitative estimate of drug-likeness (QED) is 0.510. The molecule has 0 aliphatic rings. The topological polar surface area (TPSA) is 111 Å². The maximum atomic E-state index is 12.7. The van der Waals surface area contributed by atoms with Gasteiger partial charge in [0.25, 0.3) is 15.9 Å². The van der Waals surface area contributed by atoms with Crippen LogP contribution in [0.2, 0.25) is 0 Å². The number of hydrogen-bond donors (Lipinski definition) is 2. The molecule has 0 bridgehead atoms. The first-order valence-electron chi connectivity index (χ1n) is 10.1. The van der Waals surface area contributed by atoms with E-state index in [1.54, 1.807) is 24.3 Å². The largest absolute Gasteiger partial charge is 0.494 e. The Morgan fingerprint density at radius 1 is 1.03 bits per heavy atom. The van der Waals surface area contributed by atoms with Crippen LogP contribution in [0.25, 0.3) is 0 Å². The van der Waals surface area contributed by atoms with E-state index >= 15 is 0 Å². The first-order chi connectivity index (χ1) is 14.8. The van der Waals surface area contributed by atoms with Gasteiger partial charge in [0.15, 0.2) is 6.61 Å². The van der Waals surface area contributed by atoms with Crippen LogP contribution in [0, 0.1) is 0 Å². The Morgan fingerprint density at radius 2 is 1.71 bits per heavy atom. The molecule has 0 radical (unpaired) electrons. The number of amides is 1. The van der Waals surface area contributed by atoms with E-state index in [1.165, 1.54) is 24.3 Å². The highest BCUT2D eigenvalue weighted by atomic mass is 32.2. The van der Waals surface area contributed by atoms with Gasteiger partial charge in [0.05, 0.1) is 22.8 Å². The molecular weight excluding hydrogens is 420 g/mol. The van der Waals surface area contributed by atoms with Gasteiger partial charge in [0.2, 0.25) is 0 Å². The van der Waals surface area contributed by atoms with E-state index in [0.717, 1.165) is 12.8 Å². The molecule has 0 fully saturated rings. The van der Waals surface area contributed by atoms with Crippen molar-refractivity contribution in [2.45, 2.75) is 44.6 Å². The number of benzene rings is 2. The molecule has 8 nitrogen and oxygen atoms in total. The van der Waals surface area contributed by atoms with Crippen molar-refractivity contribution in [2.24, 2.45) is 0 Å². The van der Waals surface area contributed by atoms with Gasteiger partial charge in [0, 0.05) is 6.04 Å². The molecule has 0 saturated carbocycles. The Kier molecular flexibility index (Phi) is 8.87. The molecule has 0 spiro atoms. The molecule has 2 aromatic carbocycles. The molecule has 1 amide bonds. The molecule has 2 aromatic rings. The zero-order valence-corrected chi connectivity index (χ0v) is 18.7. The third-order valence-electron chi connectivity index (χ3n) is 4.30. The first-order valence-corrected chi connectivity index (χ1v) is 11.6. The lowest BCUT2D eigenvalue weighted by atomic mass is 10.2. The average molecular weight is 449 g/mol. The van der Waals surface area contributed by atoms with Gasteiger partial charge < -0.3 is 14.8 Å². The Balaban J connectivity index is 2.08. The normalized spacial score (nSPS) is 12.0. The maximum absolute atomic E-state index is 12.7. The third kappa shape index (κ3) is 7.29. The molecule has 31 heavy (non-hydrogen) atoms. The van der Waals surface area contributed by atoms with Crippen LogP contribution in [0.5, 0.6) is 5.75 Å². The minimum Gasteiger partial charge on any atom is -0.494 e. The predicted octanol–water partition coefficient (Wildman–Crippen LogP) is 3.35. The van der Waals surface area contributed by atoms with Gasteiger partial charge in [-0.05, 0) is 56.7 Å². The van der Waals surface area contributed by atoms with E-state index < -0.39 is 28.5 Å². The summed E-state index contributed by atoms with van der Waals surface area (Å²) in [4.78, 5) is 24.4. The molecule has 1 unspecified atom stereocenters. The van der Waals surface area contributed by atoms with E-state index in [-0.39, 0.29) is 22.2 Å². The fourth-order valence-electron chi connectivity index (χ4n) is 2.87. The van der Waals surface area contributed by atoms with Gasteiger partial charge in [-0.1, -0.05) is 25.5 Å². The van der Waals surface area contributed by atoms with Crippen LogP contribution >= 0.6 is 0 Å². The zero-order valence-electron chi connectivity index (χ0n) is 17.9. The molecular formula is C22H28N2O6S. The number of para-hydroxylation sites is 1. The second kappa shape index (κ2) is 11.4. The number of carbonyl (C=O) groups is 2. The standard InChI is InChI=1S/C22H28N2O6S/c1-4-8-16(3)23-21(25)15-30-22(26)19-9-6-7-10-20(19)24-31(27,28)18-13-11-17(12-14-18)29-5-2/h6-7,9-14,16,24H,4-5,8,15H2,1-3H3,(H,23,25). The lowest BCUT2D eigenvalue weighted by Crippen LogP contribution is -2.35. The van der Waals surface area contributed by atoms with E-state index in [0.29, 0.717) is 12.4 Å². The van der Waals surface area contributed by atoms with Gasteiger partial charge in [-0.15, -0.1) is 0 Å². The Hall–Kier alpha value is -3.07. The summed E-state index contributed by atoms with van der Waals surface area (Å²) in [6.45, 7) is 5.72. The minimum absolute atomic E-state index is 0.00594. The number of carbonyl (C=O) groups excluding carboxylic acids is 2. The van der Waals surface area contributed by atoms with Crippen molar-refractivity contribution >= 4 is 27.6 Å². The highest BCUT2D eigenvalue weighted by Crippen LogP contribution is 2.22. The van der Waals surface area contributed by atoms with Crippen LogP contribution in [-0.2, 0) is 19.6 Å². The van der Waals surface area contributed by atoms with Crippen molar-refractivity contribution in [3.05, 3.63) is 54.1 Å². The molecule has 2 rings (SSSR count). The lowest BCUT2D eigenvalue weighted by molar-refractivity contribution is -0.124. The summed E-state index contributed by atoms with van der Waals surface area (Å²) in [6, 6.07) is 12.0. The van der Waals surface area contributed by atoms with E-state index in [9.17, 15) is 18.0 Å². The number of hydrogen-bond acceptors (Lipinski definition) is 6. The summed E-state index contributed by atoms with van der Waals surface area (Å²) in [6.07, 6.45) is 1.74. The summed E-state index contributed by atoms with van der Waals surface area (Å²) in [5, 5.41) is 2.74. The van der Waals surface area contributed by atoms with Crippen molar-refractivity contribution in [1.29, 1.82) is 0 Å². The number of sulfonamides is 1. The van der Waals surface area contributed by atoms with Gasteiger partial charge in [-0.25, -0.2) is 13.2 Å². The summed E-state index contributed by atoms with van der Waals surface area (Å²) in [7, 11) is -3.95. The summed E-state index contributed by atoms with van der Waals surface area (Å²) >= 11 is 0. The predicted molar refractivity (Wildman–Crippen MR) is 118 cm³/mol. The van der Waals surface area contributed by atoms with Crippen LogP contribution in [0.1, 0.15) is 44.0 Å². The molecule has 0 aromatic heterocycles. The third-order valence-corrected chi connectivity index (χ3v) is 5.68. The van der Waals surface area contributed by atoms with E-state index in [2.05, 4.69) is 10.0 Å². The van der Waals surface area contributed by atoms with Crippen LogP contribution in [0.4, 0.5) is 5.69 Å². The van der Waals surface area contributed by atoms with E-state index in [1.807, 2.05) is 20.8 Å². The number of anilines is 1. The Labute approximate surface area is 183 Å². The van der Waals surface area contributed by atoms with E-state index in [4.69, 9.17) is 9.47 Å². The van der Waals surface area contributed by atoms with Gasteiger partial charge >= 0.3 is 5.97 Å². The van der Waals surface area contributed by atoms with Crippen LogP contribution in [-0.4, -0.2) is 39.5 Å². The molecule has 0 heterocycles. The van der Waals surface area contributed by atoms with Gasteiger partial charge in [-0.2, -0.15) is 0 Å². The molecule has 0 aliphatic carbocycles. The van der Waals surface area contributed by atoms with Gasteiger partial charge in [0.1, 0.15) is 5.75 Å². The molecule has 1 atom stereocenters. The van der Waals surface area contributed by atoms with Crippen molar-refractivity contribution in [2.75, 3.05) is 17.9 Å². The summed E-state index contributed by atoms with van der Waals surface area (Å²) in [5.74, 6) is -0.665. The first kappa shape index (κ1) is 24.2. The average Bonchev–Trinajstić information content (AvgIpc) is 2.73. The number of nitrogens with one attached hydrogen (secondary N) is 2. The van der Waals surface area contributed by atoms with Crippen LogP contribution in [0.15, 0.2) is 53.4 Å². The maximum Gasteiger partial charge on any atom is 0.340 e. The van der Waals surface area contributed by atoms with Crippen LogP contribution < -0.4 is 14.8 Å². The number of rotatable bonds is 11. The summed E-state index contributed by atoms with van der Waals surface area (Å²) in [5.41, 5.74) is 0.0626. The monoisotopic (exact) mass is 448 g/mol. The SMILES string of the molecule is CCCC(C)NC(=O)COC(=O)c1ccccc1NS(=O)(=O)c1ccc(OCC)cc1. The lowest BCUT2D eigenvalue weighted by Gasteiger charge is -2.14. The van der Waals surface area contributed by atoms with Crippen molar-refractivity contribution in [3.8, 4) is 5.75 Å². The molecule has 2 N–H and O–H groups in total. The van der Waals surface area contributed by atoms with Gasteiger partial charge in [-0.3, -0.25) is 9.52 Å². The molecule has 9 heteroatoms. The van der Waals surface area contributed by atoms with Crippen molar-refractivity contribution in [3.63, 3.8) is 0 Å².